The summed E-state index contributed by atoms with van der Waals surface area (Å²) in [4.78, 5) is 16.4. The van der Waals surface area contributed by atoms with Crippen LogP contribution in [0.25, 0.3) is 6.08 Å². The summed E-state index contributed by atoms with van der Waals surface area (Å²) in [5.74, 6) is 0.635. The highest BCUT2D eigenvalue weighted by Gasteiger charge is 2.24. The number of aryl methyl sites for hydroxylation is 1. The lowest BCUT2D eigenvalue weighted by atomic mass is 10.1. The second-order valence-electron chi connectivity index (χ2n) is 5.62. The predicted octanol–water partition coefficient (Wildman–Crippen LogP) is 2.13. The summed E-state index contributed by atoms with van der Waals surface area (Å²) >= 11 is 0. The minimum absolute atomic E-state index is 0.0789. The number of benzene rings is 1. The lowest BCUT2D eigenvalue weighted by Gasteiger charge is -2.33. The van der Waals surface area contributed by atoms with Gasteiger partial charge >= 0.3 is 6.01 Å². The third kappa shape index (κ3) is 3.59. The molecule has 6 heteroatoms. The average molecular weight is 312 g/mol. The normalized spacial score (nSPS) is 15.8. The first-order valence-corrected chi connectivity index (χ1v) is 7.71. The second-order valence-corrected chi connectivity index (χ2v) is 5.62. The molecule has 120 valence electrons. The summed E-state index contributed by atoms with van der Waals surface area (Å²) in [6, 6.07) is 10.4. The monoisotopic (exact) mass is 312 g/mol. The van der Waals surface area contributed by atoms with Crippen molar-refractivity contribution in [2.75, 3.05) is 31.1 Å². The van der Waals surface area contributed by atoms with Crippen molar-refractivity contribution < 1.29 is 9.21 Å². The van der Waals surface area contributed by atoms with Crippen LogP contribution < -0.4 is 4.90 Å². The Morgan fingerprint density at radius 1 is 1.13 bits per heavy atom. The number of hydrogen-bond donors (Lipinski definition) is 0. The van der Waals surface area contributed by atoms with Crippen molar-refractivity contribution >= 4 is 18.0 Å². The zero-order valence-corrected chi connectivity index (χ0v) is 13.4. The molecule has 1 amide bonds. The van der Waals surface area contributed by atoms with Crippen LogP contribution in [0, 0.1) is 6.92 Å². The summed E-state index contributed by atoms with van der Waals surface area (Å²) in [7, 11) is 0. The Kier molecular flexibility index (Phi) is 4.41. The van der Waals surface area contributed by atoms with Gasteiger partial charge in [-0.15, -0.1) is 5.10 Å². The van der Waals surface area contributed by atoms with Gasteiger partial charge in [-0.2, -0.15) is 0 Å². The Bertz CT molecular complexity index is 700. The highest BCUT2D eigenvalue weighted by Crippen LogP contribution is 2.16. The van der Waals surface area contributed by atoms with E-state index in [-0.39, 0.29) is 5.91 Å². The maximum atomic E-state index is 12.5. The van der Waals surface area contributed by atoms with Crippen molar-refractivity contribution in [2.24, 2.45) is 0 Å². The summed E-state index contributed by atoms with van der Waals surface area (Å²) < 4.78 is 5.43. The van der Waals surface area contributed by atoms with Gasteiger partial charge in [0.05, 0.1) is 0 Å². The standard InChI is InChI=1S/C17H20N4O2/c1-13(12-15-6-4-3-5-7-15)16(22)20-8-10-21(11-9-20)17-19-18-14(2)23-17/h3-7,12H,8-11H2,1-2H3/b13-12+. The molecule has 1 fully saturated rings. The van der Waals surface area contributed by atoms with E-state index < -0.39 is 0 Å². The van der Waals surface area contributed by atoms with Crippen LogP contribution in [0.5, 0.6) is 0 Å². The number of piperazine rings is 1. The SMILES string of the molecule is C/C(=C\c1ccccc1)C(=O)N1CCN(c2nnc(C)o2)CC1. The quantitative estimate of drug-likeness (QED) is 0.813. The van der Waals surface area contributed by atoms with Crippen LogP contribution in [0.15, 0.2) is 40.3 Å². The number of carbonyl (C=O) groups is 1. The fourth-order valence-corrected chi connectivity index (χ4v) is 2.63. The topological polar surface area (TPSA) is 62.5 Å². The van der Waals surface area contributed by atoms with Crippen molar-refractivity contribution in [2.45, 2.75) is 13.8 Å². The molecule has 1 aromatic heterocycles. The molecule has 0 radical (unpaired) electrons. The number of rotatable bonds is 3. The molecule has 0 spiro atoms. The zero-order chi connectivity index (χ0) is 16.2. The Balaban J connectivity index is 1.61. The molecule has 0 bridgehead atoms. The highest BCUT2D eigenvalue weighted by molar-refractivity contribution is 5.97. The van der Waals surface area contributed by atoms with Gasteiger partial charge in [0.25, 0.3) is 0 Å². The molecule has 1 aromatic carbocycles. The number of nitrogens with zero attached hydrogens (tertiary/aromatic N) is 4. The van der Waals surface area contributed by atoms with Gasteiger partial charge in [-0.05, 0) is 18.6 Å². The van der Waals surface area contributed by atoms with Gasteiger partial charge in [-0.25, -0.2) is 0 Å². The number of amides is 1. The second kappa shape index (κ2) is 6.64. The van der Waals surface area contributed by atoms with E-state index in [1.54, 1.807) is 6.92 Å². The third-order valence-electron chi connectivity index (χ3n) is 3.87. The van der Waals surface area contributed by atoms with Crippen LogP contribution in [0.3, 0.4) is 0 Å². The number of aromatic nitrogens is 2. The molecule has 0 N–H and O–H groups in total. The lowest BCUT2D eigenvalue weighted by Crippen LogP contribution is -2.49. The van der Waals surface area contributed by atoms with Crippen molar-refractivity contribution in [3.05, 3.63) is 47.4 Å². The summed E-state index contributed by atoms with van der Waals surface area (Å²) in [5, 5.41) is 7.87. The van der Waals surface area contributed by atoms with Gasteiger partial charge in [-0.3, -0.25) is 4.79 Å². The molecule has 1 aliphatic heterocycles. The molecule has 1 aliphatic rings. The van der Waals surface area contributed by atoms with Crippen LogP contribution in [0.1, 0.15) is 18.4 Å². The molecule has 23 heavy (non-hydrogen) atoms. The van der Waals surface area contributed by atoms with Crippen LogP contribution in [-0.2, 0) is 4.79 Å². The molecule has 6 nitrogen and oxygen atoms in total. The predicted molar refractivity (Wildman–Crippen MR) is 87.9 cm³/mol. The van der Waals surface area contributed by atoms with E-state index in [1.807, 2.05) is 53.1 Å². The van der Waals surface area contributed by atoms with E-state index in [9.17, 15) is 4.79 Å². The van der Waals surface area contributed by atoms with Gasteiger partial charge in [0.1, 0.15) is 0 Å². The summed E-state index contributed by atoms with van der Waals surface area (Å²) in [6.07, 6.45) is 1.93. The Morgan fingerprint density at radius 3 is 2.43 bits per heavy atom. The fraction of sp³-hybridized carbons (Fsp3) is 0.353. The van der Waals surface area contributed by atoms with Gasteiger partial charge < -0.3 is 14.2 Å². The minimum atomic E-state index is 0.0789. The Hall–Kier alpha value is -2.63. The minimum Gasteiger partial charge on any atom is -0.408 e. The maximum absolute atomic E-state index is 12.5. The van der Waals surface area contributed by atoms with Crippen LogP contribution in [-0.4, -0.2) is 47.2 Å². The van der Waals surface area contributed by atoms with Gasteiger partial charge in [0.15, 0.2) is 0 Å². The van der Waals surface area contributed by atoms with Crippen molar-refractivity contribution in [1.29, 1.82) is 0 Å². The zero-order valence-electron chi connectivity index (χ0n) is 13.4. The molecular weight excluding hydrogens is 292 g/mol. The molecule has 0 unspecified atom stereocenters. The van der Waals surface area contributed by atoms with E-state index in [0.717, 1.165) is 11.1 Å². The van der Waals surface area contributed by atoms with Gasteiger partial charge in [0, 0.05) is 38.7 Å². The van der Waals surface area contributed by atoms with E-state index in [2.05, 4.69) is 10.2 Å². The lowest BCUT2D eigenvalue weighted by molar-refractivity contribution is -0.127. The van der Waals surface area contributed by atoms with Gasteiger partial charge in [0.2, 0.25) is 11.8 Å². The van der Waals surface area contributed by atoms with E-state index in [1.165, 1.54) is 0 Å². The van der Waals surface area contributed by atoms with E-state index in [4.69, 9.17) is 4.42 Å². The average Bonchev–Trinajstić information content (AvgIpc) is 3.02. The van der Waals surface area contributed by atoms with E-state index >= 15 is 0 Å². The van der Waals surface area contributed by atoms with Crippen molar-refractivity contribution in [3.8, 4) is 0 Å². The molecule has 2 aromatic rings. The third-order valence-corrected chi connectivity index (χ3v) is 3.87. The first-order chi connectivity index (χ1) is 11.1. The molecule has 0 atom stereocenters. The number of carbonyl (C=O) groups excluding carboxylic acids is 1. The smallest absolute Gasteiger partial charge is 0.318 e. The molecule has 0 saturated carbocycles. The van der Waals surface area contributed by atoms with Crippen LogP contribution in [0.4, 0.5) is 6.01 Å². The molecule has 3 rings (SSSR count). The van der Waals surface area contributed by atoms with Crippen molar-refractivity contribution in [1.82, 2.24) is 15.1 Å². The summed E-state index contributed by atoms with van der Waals surface area (Å²) in [5.41, 5.74) is 1.79. The van der Waals surface area contributed by atoms with Crippen molar-refractivity contribution in [3.63, 3.8) is 0 Å². The fourth-order valence-electron chi connectivity index (χ4n) is 2.63. The molecule has 0 aliphatic carbocycles. The number of hydrogen-bond acceptors (Lipinski definition) is 5. The number of anilines is 1. The molecular formula is C17H20N4O2. The maximum Gasteiger partial charge on any atom is 0.318 e. The highest BCUT2D eigenvalue weighted by atomic mass is 16.4. The van der Waals surface area contributed by atoms with Crippen LogP contribution >= 0.6 is 0 Å². The largest absolute Gasteiger partial charge is 0.408 e. The first-order valence-electron chi connectivity index (χ1n) is 7.71. The molecule has 1 saturated heterocycles. The van der Waals surface area contributed by atoms with E-state index in [0.29, 0.717) is 38.1 Å². The first kappa shape index (κ1) is 15.3. The molecule has 2 heterocycles. The van der Waals surface area contributed by atoms with Gasteiger partial charge in [-0.1, -0.05) is 35.4 Å². The Morgan fingerprint density at radius 2 is 1.83 bits per heavy atom. The summed E-state index contributed by atoms with van der Waals surface area (Å²) in [6.45, 7) is 6.34. The van der Waals surface area contributed by atoms with Crippen LogP contribution in [0.2, 0.25) is 0 Å². The Labute approximate surface area is 135 Å².